The fourth-order valence-electron chi connectivity index (χ4n) is 1.40. The molecule has 0 radical (unpaired) electrons. The first-order valence-corrected chi connectivity index (χ1v) is 6.63. The van der Waals surface area contributed by atoms with Crippen molar-refractivity contribution in [2.24, 2.45) is 0 Å². The van der Waals surface area contributed by atoms with Crippen molar-refractivity contribution in [3.05, 3.63) is 33.1 Å². The normalized spacial score (nSPS) is 11.9. The maximum Gasteiger partial charge on any atom is 0.425 e. The Morgan fingerprint density at radius 2 is 1.36 bits per heavy atom. The van der Waals surface area contributed by atoms with E-state index in [-0.39, 0.29) is 4.57 Å². The van der Waals surface area contributed by atoms with E-state index in [2.05, 4.69) is 0 Å². The minimum atomic E-state index is -1.15. The van der Waals surface area contributed by atoms with E-state index in [0.29, 0.717) is 4.57 Å². The molecule has 0 aliphatic heterocycles. The molecule has 1 rings (SSSR count). The zero-order valence-corrected chi connectivity index (χ0v) is 13.5. The van der Waals surface area contributed by atoms with Gasteiger partial charge in [-0.3, -0.25) is 4.79 Å². The van der Waals surface area contributed by atoms with Crippen LogP contribution in [0.15, 0.2) is 21.9 Å². The summed E-state index contributed by atoms with van der Waals surface area (Å²) in [5.74, 6) is 0. The second-order valence-electron chi connectivity index (χ2n) is 6.60. The highest BCUT2D eigenvalue weighted by Gasteiger charge is 2.24. The van der Waals surface area contributed by atoms with Gasteiger partial charge < -0.3 is 9.47 Å². The van der Waals surface area contributed by atoms with Crippen molar-refractivity contribution in [2.75, 3.05) is 0 Å². The van der Waals surface area contributed by atoms with Crippen LogP contribution in [0.25, 0.3) is 0 Å². The lowest BCUT2D eigenvalue weighted by atomic mass is 10.2. The van der Waals surface area contributed by atoms with Gasteiger partial charge in [0.05, 0.1) is 0 Å². The molecular formula is C14H20N2O6. The van der Waals surface area contributed by atoms with Crippen LogP contribution in [-0.4, -0.2) is 32.5 Å². The third-order valence-corrected chi connectivity index (χ3v) is 2.15. The van der Waals surface area contributed by atoms with Crippen LogP contribution in [0.3, 0.4) is 0 Å². The highest BCUT2D eigenvalue weighted by Crippen LogP contribution is 2.08. The first kappa shape index (κ1) is 17.7. The monoisotopic (exact) mass is 312 g/mol. The minimum Gasteiger partial charge on any atom is -0.443 e. The van der Waals surface area contributed by atoms with Crippen LogP contribution in [0, 0.1) is 0 Å². The molecule has 0 N–H and O–H groups in total. The Bertz CT molecular complexity index is 700. The topological polar surface area (TPSA) is 96.6 Å². The highest BCUT2D eigenvalue weighted by molar-refractivity contribution is 5.73. The summed E-state index contributed by atoms with van der Waals surface area (Å²) in [6.07, 6.45) is -1.19. The van der Waals surface area contributed by atoms with Crippen LogP contribution in [0.5, 0.6) is 0 Å². The predicted octanol–water partition coefficient (Wildman–Crippen LogP) is 1.58. The van der Waals surface area contributed by atoms with Gasteiger partial charge in [-0.15, -0.1) is 0 Å². The van der Waals surface area contributed by atoms with Crippen LogP contribution >= 0.6 is 0 Å². The van der Waals surface area contributed by atoms with E-state index in [0.717, 1.165) is 12.3 Å². The summed E-state index contributed by atoms with van der Waals surface area (Å²) in [5, 5.41) is 0. The number of hydrogen-bond donors (Lipinski definition) is 0. The third kappa shape index (κ3) is 4.57. The second-order valence-corrected chi connectivity index (χ2v) is 6.60. The average molecular weight is 312 g/mol. The van der Waals surface area contributed by atoms with Crippen molar-refractivity contribution in [3.63, 3.8) is 0 Å². The summed E-state index contributed by atoms with van der Waals surface area (Å²) >= 11 is 0. The van der Waals surface area contributed by atoms with Crippen molar-refractivity contribution in [1.82, 2.24) is 9.13 Å². The molecule has 0 unspecified atom stereocenters. The van der Waals surface area contributed by atoms with Crippen molar-refractivity contribution in [1.29, 1.82) is 0 Å². The quantitative estimate of drug-likeness (QED) is 0.721. The van der Waals surface area contributed by atoms with Gasteiger partial charge in [0.25, 0.3) is 5.56 Å². The van der Waals surface area contributed by atoms with Gasteiger partial charge >= 0.3 is 17.9 Å². The largest absolute Gasteiger partial charge is 0.443 e. The molecule has 0 spiro atoms. The standard InChI is InChI=1S/C14H20N2O6/c1-13(2,3)21-11(19)15-8-7-9(17)16(10(15)18)12(20)22-14(4,5)6/h7-8H,1-6H3. The Morgan fingerprint density at radius 3 is 1.82 bits per heavy atom. The molecule has 8 heteroatoms. The van der Waals surface area contributed by atoms with Crippen LogP contribution in [0.4, 0.5) is 9.59 Å². The summed E-state index contributed by atoms with van der Waals surface area (Å²) in [4.78, 5) is 47.8. The molecule has 0 saturated carbocycles. The SMILES string of the molecule is CC(C)(C)OC(=O)n1ccc(=O)n(C(=O)OC(C)(C)C)c1=O. The predicted molar refractivity (Wildman–Crippen MR) is 78.2 cm³/mol. The number of nitrogens with zero attached hydrogens (tertiary/aromatic N) is 2. The molecule has 0 aliphatic carbocycles. The molecule has 122 valence electrons. The van der Waals surface area contributed by atoms with Crippen LogP contribution in [0.1, 0.15) is 41.5 Å². The zero-order chi connectivity index (χ0) is 17.3. The Morgan fingerprint density at radius 1 is 0.909 bits per heavy atom. The molecule has 1 aromatic rings. The number of ether oxygens (including phenoxy) is 2. The number of carbonyl (C=O) groups excluding carboxylic acids is 2. The second kappa shape index (κ2) is 5.78. The zero-order valence-electron chi connectivity index (χ0n) is 13.5. The maximum absolute atomic E-state index is 12.2. The molecule has 1 aromatic heterocycles. The summed E-state index contributed by atoms with van der Waals surface area (Å²) < 4.78 is 10.8. The summed E-state index contributed by atoms with van der Waals surface area (Å²) in [7, 11) is 0. The smallest absolute Gasteiger partial charge is 0.425 e. The Labute approximate surface area is 127 Å². The van der Waals surface area contributed by atoms with Gasteiger partial charge in [-0.1, -0.05) is 0 Å². The van der Waals surface area contributed by atoms with Crippen LogP contribution in [0.2, 0.25) is 0 Å². The Hall–Kier alpha value is -2.38. The Kier molecular flexibility index (Phi) is 4.64. The van der Waals surface area contributed by atoms with Crippen molar-refractivity contribution < 1.29 is 19.1 Å². The van der Waals surface area contributed by atoms with Gasteiger partial charge in [-0.2, -0.15) is 4.57 Å². The maximum atomic E-state index is 12.2. The van der Waals surface area contributed by atoms with Crippen molar-refractivity contribution in [2.45, 2.75) is 52.7 Å². The molecule has 0 aliphatic rings. The minimum absolute atomic E-state index is 0.245. The van der Waals surface area contributed by atoms with E-state index in [4.69, 9.17) is 9.47 Å². The summed E-state index contributed by atoms with van der Waals surface area (Å²) in [6.45, 7) is 9.64. The van der Waals surface area contributed by atoms with E-state index >= 15 is 0 Å². The molecule has 0 amide bonds. The fourth-order valence-corrected chi connectivity index (χ4v) is 1.40. The van der Waals surface area contributed by atoms with Crippen LogP contribution < -0.4 is 11.2 Å². The van der Waals surface area contributed by atoms with Gasteiger partial charge in [-0.05, 0) is 41.5 Å². The third-order valence-electron chi connectivity index (χ3n) is 2.15. The number of rotatable bonds is 0. The lowest BCUT2D eigenvalue weighted by Crippen LogP contribution is -2.47. The molecule has 0 aromatic carbocycles. The molecule has 0 saturated heterocycles. The lowest BCUT2D eigenvalue weighted by Gasteiger charge is -2.21. The van der Waals surface area contributed by atoms with Gasteiger partial charge in [-0.25, -0.2) is 19.0 Å². The van der Waals surface area contributed by atoms with Crippen molar-refractivity contribution >= 4 is 12.2 Å². The molecule has 0 bridgehead atoms. The van der Waals surface area contributed by atoms with E-state index in [1.807, 2.05) is 0 Å². The number of hydrogen-bond acceptors (Lipinski definition) is 6. The average Bonchev–Trinajstić information content (AvgIpc) is 2.23. The van der Waals surface area contributed by atoms with Gasteiger partial charge in [0, 0.05) is 12.3 Å². The molecular weight excluding hydrogens is 292 g/mol. The van der Waals surface area contributed by atoms with E-state index < -0.39 is 34.6 Å². The molecule has 1 heterocycles. The first-order chi connectivity index (χ1) is 9.82. The first-order valence-electron chi connectivity index (χ1n) is 6.63. The van der Waals surface area contributed by atoms with Gasteiger partial charge in [0.1, 0.15) is 11.2 Å². The molecule has 8 nitrogen and oxygen atoms in total. The van der Waals surface area contributed by atoms with E-state index in [9.17, 15) is 19.2 Å². The summed E-state index contributed by atoms with van der Waals surface area (Å²) in [5.41, 5.74) is -3.76. The lowest BCUT2D eigenvalue weighted by molar-refractivity contribution is 0.0492. The summed E-state index contributed by atoms with van der Waals surface area (Å²) in [6, 6.07) is 0.912. The fraction of sp³-hybridized carbons (Fsp3) is 0.571. The van der Waals surface area contributed by atoms with Gasteiger partial charge in [0.2, 0.25) is 0 Å². The van der Waals surface area contributed by atoms with E-state index in [1.165, 1.54) is 0 Å². The number of carbonyl (C=O) groups is 2. The molecule has 0 fully saturated rings. The van der Waals surface area contributed by atoms with Crippen molar-refractivity contribution in [3.8, 4) is 0 Å². The highest BCUT2D eigenvalue weighted by atomic mass is 16.6. The van der Waals surface area contributed by atoms with E-state index in [1.54, 1.807) is 41.5 Å². The van der Waals surface area contributed by atoms with Crippen LogP contribution in [-0.2, 0) is 9.47 Å². The Balaban J connectivity index is 3.30. The molecule has 22 heavy (non-hydrogen) atoms. The number of aromatic nitrogens is 2. The molecule has 0 atom stereocenters. The van der Waals surface area contributed by atoms with Gasteiger partial charge in [0.15, 0.2) is 0 Å².